The third kappa shape index (κ3) is 5.31. The van der Waals surface area contributed by atoms with Crippen LogP contribution in [0.15, 0.2) is 41.5 Å². The first-order valence-electron chi connectivity index (χ1n) is 8.49. The van der Waals surface area contributed by atoms with Crippen LogP contribution in [0, 0.1) is 0 Å². The van der Waals surface area contributed by atoms with Gasteiger partial charge in [-0.15, -0.1) is 35.3 Å². The van der Waals surface area contributed by atoms with Gasteiger partial charge in [0.15, 0.2) is 5.96 Å². The maximum absolute atomic E-state index is 4.45. The van der Waals surface area contributed by atoms with Crippen LogP contribution in [0.3, 0.4) is 0 Å². The molecule has 0 amide bonds. The van der Waals surface area contributed by atoms with Gasteiger partial charge in [0.05, 0.1) is 6.54 Å². The number of aryl methyl sites for hydroxylation is 1. The lowest BCUT2D eigenvalue weighted by Crippen LogP contribution is -2.52. The molecule has 0 spiro atoms. The van der Waals surface area contributed by atoms with Crippen LogP contribution in [0.2, 0.25) is 0 Å². The minimum Gasteiger partial charge on any atom is -0.353 e. The molecule has 0 aliphatic carbocycles. The van der Waals surface area contributed by atoms with Gasteiger partial charge in [-0.3, -0.25) is 4.99 Å². The van der Waals surface area contributed by atoms with Gasteiger partial charge in [-0.2, -0.15) is 0 Å². The quantitative estimate of drug-likeness (QED) is 0.423. The normalized spacial score (nSPS) is 15.0. The van der Waals surface area contributed by atoms with Gasteiger partial charge in [0, 0.05) is 49.2 Å². The van der Waals surface area contributed by atoms with E-state index in [2.05, 4.69) is 50.2 Å². The van der Waals surface area contributed by atoms with Crippen molar-refractivity contribution in [3.63, 3.8) is 0 Å². The number of aromatic nitrogens is 1. The van der Waals surface area contributed by atoms with Crippen LogP contribution >= 0.6 is 35.3 Å². The second-order valence-electron chi connectivity index (χ2n) is 5.78. The van der Waals surface area contributed by atoms with E-state index in [1.165, 1.54) is 9.75 Å². The third-order valence-corrected chi connectivity index (χ3v) is 5.48. The zero-order valence-electron chi connectivity index (χ0n) is 14.8. The largest absolute Gasteiger partial charge is 0.353 e. The lowest BCUT2D eigenvalue weighted by Gasteiger charge is -2.37. The Kier molecular flexibility index (Phi) is 7.95. The average Bonchev–Trinajstić information content (AvgIpc) is 3.12. The number of guanidine groups is 1. The molecule has 1 saturated heterocycles. The Labute approximate surface area is 171 Å². The van der Waals surface area contributed by atoms with Crippen molar-refractivity contribution in [1.29, 1.82) is 0 Å². The van der Waals surface area contributed by atoms with Crippen LogP contribution in [0.1, 0.15) is 16.7 Å². The molecule has 25 heavy (non-hydrogen) atoms. The number of pyridine rings is 1. The molecule has 1 fully saturated rings. The number of nitrogens with one attached hydrogen (secondary N) is 1. The number of aliphatic imine (C=N–C) groups is 1. The third-order valence-electron chi connectivity index (χ3n) is 4.25. The molecule has 0 aromatic carbocycles. The van der Waals surface area contributed by atoms with Crippen molar-refractivity contribution >= 4 is 47.1 Å². The van der Waals surface area contributed by atoms with Crippen LogP contribution < -0.4 is 10.2 Å². The molecular formula is C18H26IN5S. The molecular weight excluding hydrogens is 445 g/mol. The van der Waals surface area contributed by atoms with Gasteiger partial charge in [-0.25, -0.2) is 4.98 Å². The number of thiophene rings is 1. The molecule has 0 bridgehead atoms. The number of hydrogen-bond donors (Lipinski definition) is 1. The summed E-state index contributed by atoms with van der Waals surface area (Å²) in [6, 6.07) is 10.5. The molecule has 1 aliphatic heterocycles. The van der Waals surface area contributed by atoms with Crippen molar-refractivity contribution < 1.29 is 0 Å². The Morgan fingerprint density at radius 3 is 2.52 bits per heavy atom. The summed E-state index contributed by atoms with van der Waals surface area (Å²) >= 11 is 1.88. The van der Waals surface area contributed by atoms with E-state index in [1.807, 2.05) is 36.7 Å². The molecule has 7 heteroatoms. The topological polar surface area (TPSA) is 43.8 Å². The zero-order chi connectivity index (χ0) is 16.8. The van der Waals surface area contributed by atoms with Crippen molar-refractivity contribution in [3.05, 3.63) is 46.3 Å². The molecule has 3 rings (SSSR count). The van der Waals surface area contributed by atoms with E-state index in [0.29, 0.717) is 0 Å². The Morgan fingerprint density at radius 1 is 1.16 bits per heavy atom. The summed E-state index contributed by atoms with van der Waals surface area (Å²) in [5, 5.41) is 3.50. The summed E-state index contributed by atoms with van der Waals surface area (Å²) in [6.45, 7) is 6.90. The first-order valence-corrected chi connectivity index (χ1v) is 9.31. The van der Waals surface area contributed by atoms with Crippen LogP contribution in [-0.2, 0) is 13.0 Å². The van der Waals surface area contributed by atoms with Crippen LogP contribution in [0.4, 0.5) is 5.82 Å². The number of halogens is 1. The van der Waals surface area contributed by atoms with Gasteiger partial charge in [0.25, 0.3) is 0 Å². The van der Waals surface area contributed by atoms with E-state index in [9.17, 15) is 0 Å². The molecule has 136 valence electrons. The van der Waals surface area contributed by atoms with Gasteiger partial charge >= 0.3 is 0 Å². The molecule has 5 nitrogen and oxygen atoms in total. The molecule has 1 aliphatic rings. The fraction of sp³-hybridized carbons (Fsp3) is 0.444. The first kappa shape index (κ1) is 20.0. The van der Waals surface area contributed by atoms with E-state index in [1.54, 1.807) is 0 Å². The summed E-state index contributed by atoms with van der Waals surface area (Å²) in [5.41, 5.74) is 0. The van der Waals surface area contributed by atoms with Crippen LogP contribution in [0.5, 0.6) is 0 Å². The first-order chi connectivity index (χ1) is 11.8. The Hall–Kier alpha value is -1.35. The maximum Gasteiger partial charge on any atom is 0.194 e. The fourth-order valence-electron chi connectivity index (χ4n) is 2.89. The van der Waals surface area contributed by atoms with E-state index in [4.69, 9.17) is 0 Å². The molecule has 0 radical (unpaired) electrons. The van der Waals surface area contributed by atoms with E-state index < -0.39 is 0 Å². The summed E-state index contributed by atoms with van der Waals surface area (Å²) in [7, 11) is 1.86. The Bertz CT molecular complexity index is 665. The number of nitrogens with zero attached hydrogens (tertiary/aromatic N) is 4. The highest BCUT2D eigenvalue weighted by molar-refractivity contribution is 14.0. The van der Waals surface area contributed by atoms with Crippen molar-refractivity contribution in [1.82, 2.24) is 15.2 Å². The van der Waals surface area contributed by atoms with E-state index in [0.717, 1.165) is 50.9 Å². The number of piperazine rings is 1. The number of rotatable bonds is 4. The van der Waals surface area contributed by atoms with Gasteiger partial charge in [0.1, 0.15) is 5.82 Å². The molecule has 1 N–H and O–H groups in total. The molecule has 3 heterocycles. The van der Waals surface area contributed by atoms with Gasteiger partial charge in [0.2, 0.25) is 0 Å². The SMILES string of the molecule is CCc1ccc(CNC(=NC)N2CCN(c3ccccn3)CC2)s1.I. The highest BCUT2D eigenvalue weighted by Gasteiger charge is 2.20. The molecule has 0 atom stereocenters. The van der Waals surface area contributed by atoms with Crippen molar-refractivity contribution in [3.8, 4) is 0 Å². The minimum absolute atomic E-state index is 0. The van der Waals surface area contributed by atoms with Gasteiger partial charge in [-0.05, 0) is 30.7 Å². The molecule has 2 aromatic rings. The number of hydrogen-bond acceptors (Lipinski definition) is 4. The van der Waals surface area contributed by atoms with E-state index in [-0.39, 0.29) is 24.0 Å². The van der Waals surface area contributed by atoms with E-state index >= 15 is 0 Å². The summed E-state index contributed by atoms with van der Waals surface area (Å²) in [4.78, 5) is 16.3. The summed E-state index contributed by atoms with van der Waals surface area (Å²) < 4.78 is 0. The van der Waals surface area contributed by atoms with Gasteiger partial charge < -0.3 is 15.1 Å². The summed E-state index contributed by atoms with van der Waals surface area (Å²) in [5.74, 6) is 2.05. The van der Waals surface area contributed by atoms with Crippen molar-refractivity contribution in [2.45, 2.75) is 19.9 Å². The monoisotopic (exact) mass is 471 g/mol. The molecule has 2 aromatic heterocycles. The minimum atomic E-state index is 0. The molecule has 0 saturated carbocycles. The zero-order valence-corrected chi connectivity index (χ0v) is 18.0. The lowest BCUT2D eigenvalue weighted by molar-refractivity contribution is 0.371. The van der Waals surface area contributed by atoms with Crippen LogP contribution in [-0.4, -0.2) is 49.1 Å². The Morgan fingerprint density at radius 2 is 1.92 bits per heavy atom. The second-order valence-corrected chi connectivity index (χ2v) is 7.04. The number of anilines is 1. The smallest absolute Gasteiger partial charge is 0.194 e. The predicted molar refractivity (Wildman–Crippen MR) is 117 cm³/mol. The van der Waals surface area contributed by atoms with Gasteiger partial charge in [-0.1, -0.05) is 13.0 Å². The molecule has 0 unspecified atom stereocenters. The van der Waals surface area contributed by atoms with Crippen molar-refractivity contribution in [2.24, 2.45) is 4.99 Å². The Balaban J connectivity index is 0.00000225. The maximum atomic E-state index is 4.45. The standard InChI is InChI=1S/C18H25N5S.HI/c1-3-15-7-8-16(24-15)14-21-18(19-2)23-12-10-22(11-13-23)17-6-4-5-9-20-17;/h4-9H,3,10-14H2,1-2H3,(H,19,21);1H. The highest BCUT2D eigenvalue weighted by Crippen LogP contribution is 2.17. The highest BCUT2D eigenvalue weighted by atomic mass is 127. The average molecular weight is 471 g/mol. The fourth-order valence-corrected chi connectivity index (χ4v) is 3.79. The predicted octanol–water partition coefficient (Wildman–Crippen LogP) is 3.22. The second kappa shape index (κ2) is 9.96. The van der Waals surface area contributed by atoms with Crippen molar-refractivity contribution in [2.75, 3.05) is 38.1 Å². The summed E-state index contributed by atoms with van der Waals surface area (Å²) in [6.07, 6.45) is 2.96. The van der Waals surface area contributed by atoms with Crippen LogP contribution in [0.25, 0.3) is 0 Å². The lowest BCUT2D eigenvalue weighted by atomic mass is 10.3.